The summed E-state index contributed by atoms with van der Waals surface area (Å²) in [6.45, 7) is 4.07. The Balaban J connectivity index is 1.77. The van der Waals surface area contributed by atoms with Crippen LogP contribution in [0.4, 0.5) is 5.95 Å². The Labute approximate surface area is 99.9 Å². The molecule has 0 unspecified atom stereocenters. The molecule has 88 valence electrons. The second kappa shape index (κ2) is 4.16. The van der Waals surface area contributed by atoms with Gasteiger partial charge in [0.05, 0.1) is 6.20 Å². The van der Waals surface area contributed by atoms with Gasteiger partial charge < -0.3 is 4.90 Å². The molecule has 0 aliphatic carbocycles. The van der Waals surface area contributed by atoms with Crippen LogP contribution in [0.25, 0.3) is 0 Å². The lowest BCUT2D eigenvalue weighted by atomic mass is 10.0. The van der Waals surface area contributed by atoms with Crippen molar-refractivity contribution in [2.75, 3.05) is 18.0 Å². The number of nitrogens with zero attached hydrogens (tertiary/aromatic N) is 4. The van der Waals surface area contributed by atoms with Crippen LogP contribution in [0.1, 0.15) is 23.6 Å². The average molecular weight is 229 g/mol. The maximum absolute atomic E-state index is 4.29. The van der Waals surface area contributed by atoms with Crippen molar-refractivity contribution in [3.63, 3.8) is 0 Å². The lowest BCUT2D eigenvalue weighted by Gasteiger charge is -2.15. The normalized spacial score (nSPS) is 19.8. The van der Waals surface area contributed by atoms with Gasteiger partial charge in [-0.1, -0.05) is 0 Å². The minimum Gasteiger partial charge on any atom is -0.340 e. The van der Waals surface area contributed by atoms with E-state index in [1.807, 2.05) is 12.3 Å². The molecule has 3 rings (SSSR count). The fourth-order valence-corrected chi connectivity index (χ4v) is 2.40. The van der Waals surface area contributed by atoms with Crippen molar-refractivity contribution < 1.29 is 0 Å². The molecule has 0 saturated carbocycles. The zero-order valence-electron chi connectivity index (χ0n) is 9.80. The van der Waals surface area contributed by atoms with E-state index in [9.17, 15) is 0 Å². The van der Waals surface area contributed by atoms with E-state index in [0.717, 1.165) is 25.5 Å². The lowest BCUT2D eigenvalue weighted by molar-refractivity contribution is 0.731. The molecule has 1 aliphatic rings. The van der Waals surface area contributed by atoms with Gasteiger partial charge in [0.25, 0.3) is 0 Å². The van der Waals surface area contributed by atoms with Crippen LogP contribution < -0.4 is 4.90 Å². The quantitative estimate of drug-likeness (QED) is 0.848. The maximum Gasteiger partial charge on any atom is 0.225 e. The number of aromatic amines is 1. The zero-order valence-corrected chi connectivity index (χ0v) is 9.80. The van der Waals surface area contributed by atoms with E-state index >= 15 is 0 Å². The van der Waals surface area contributed by atoms with Gasteiger partial charge in [-0.25, -0.2) is 9.97 Å². The van der Waals surface area contributed by atoms with E-state index in [4.69, 9.17) is 0 Å². The summed E-state index contributed by atoms with van der Waals surface area (Å²) in [5, 5.41) is 7.19. The molecule has 1 atom stereocenters. The third-order valence-corrected chi connectivity index (χ3v) is 3.30. The van der Waals surface area contributed by atoms with Crippen molar-refractivity contribution in [2.24, 2.45) is 0 Å². The van der Waals surface area contributed by atoms with Crippen LogP contribution >= 0.6 is 0 Å². The molecule has 1 N–H and O–H groups in total. The summed E-state index contributed by atoms with van der Waals surface area (Å²) in [5.41, 5.74) is 2.49. The SMILES string of the molecule is Cc1cn[nH]c1[C@H]1CCN(c2ncccn2)C1. The molecule has 0 bridgehead atoms. The molecule has 3 heterocycles. The number of anilines is 1. The Bertz CT molecular complexity index is 493. The predicted molar refractivity (Wildman–Crippen MR) is 64.9 cm³/mol. The van der Waals surface area contributed by atoms with E-state index in [1.165, 1.54) is 11.3 Å². The molecule has 1 saturated heterocycles. The molecule has 5 heteroatoms. The summed E-state index contributed by atoms with van der Waals surface area (Å²) in [7, 11) is 0. The minimum absolute atomic E-state index is 0.515. The summed E-state index contributed by atoms with van der Waals surface area (Å²) in [5.74, 6) is 1.34. The highest BCUT2D eigenvalue weighted by Gasteiger charge is 2.27. The zero-order chi connectivity index (χ0) is 11.7. The van der Waals surface area contributed by atoms with Gasteiger partial charge in [0.1, 0.15) is 0 Å². The van der Waals surface area contributed by atoms with Crippen molar-refractivity contribution in [1.82, 2.24) is 20.2 Å². The Morgan fingerprint density at radius 3 is 2.88 bits per heavy atom. The summed E-state index contributed by atoms with van der Waals surface area (Å²) in [6, 6.07) is 1.84. The monoisotopic (exact) mass is 229 g/mol. The van der Waals surface area contributed by atoms with Gasteiger partial charge >= 0.3 is 0 Å². The van der Waals surface area contributed by atoms with Gasteiger partial charge in [-0.05, 0) is 25.0 Å². The standard InChI is InChI=1S/C12H15N5/c1-9-7-15-16-11(9)10-3-6-17(8-10)12-13-4-2-5-14-12/h2,4-5,7,10H,3,6,8H2,1H3,(H,15,16)/t10-/m0/s1. The van der Waals surface area contributed by atoms with Crippen LogP contribution in [-0.4, -0.2) is 33.3 Å². The summed E-state index contributed by atoms with van der Waals surface area (Å²) >= 11 is 0. The fraction of sp³-hybridized carbons (Fsp3) is 0.417. The molecular formula is C12H15N5. The van der Waals surface area contributed by atoms with E-state index in [0.29, 0.717) is 5.92 Å². The summed E-state index contributed by atoms with van der Waals surface area (Å²) in [6.07, 6.45) is 6.59. The minimum atomic E-state index is 0.515. The third kappa shape index (κ3) is 1.88. The van der Waals surface area contributed by atoms with Gasteiger partial charge in [0.15, 0.2) is 0 Å². The number of H-pyrrole nitrogens is 1. The molecule has 0 spiro atoms. The Morgan fingerprint density at radius 1 is 1.35 bits per heavy atom. The van der Waals surface area contributed by atoms with Gasteiger partial charge in [0.2, 0.25) is 5.95 Å². The van der Waals surface area contributed by atoms with Gasteiger partial charge in [-0.15, -0.1) is 0 Å². The molecule has 5 nitrogen and oxygen atoms in total. The molecule has 2 aromatic rings. The first-order chi connectivity index (χ1) is 8.34. The summed E-state index contributed by atoms with van der Waals surface area (Å²) < 4.78 is 0. The molecule has 1 aliphatic heterocycles. The first-order valence-electron chi connectivity index (χ1n) is 5.86. The fourth-order valence-electron chi connectivity index (χ4n) is 2.40. The second-order valence-electron chi connectivity index (χ2n) is 4.45. The van der Waals surface area contributed by atoms with Crippen LogP contribution in [0.2, 0.25) is 0 Å². The van der Waals surface area contributed by atoms with E-state index < -0.39 is 0 Å². The van der Waals surface area contributed by atoms with Gasteiger partial charge in [0, 0.05) is 37.1 Å². The van der Waals surface area contributed by atoms with Crippen molar-refractivity contribution >= 4 is 5.95 Å². The Kier molecular flexibility index (Phi) is 2.51. The van der Waals surface area contributed by atoms with Crippen LogP contribution in [-0.2, 0) is 0 Å². The third-order valence-electron chi connectivity index (χ3n) is 3.30. The molecule has 2 aromatic heterocycles. The Hall–Kier alpha value is -1.91. The van der Waals surface area contributed by atoms with Crippen LogP contribution in [0, 0.1) is 6.92 Å². The maximum atomic E-state index is 4.29. The number of rotatable bonds is 2. The van der Waals surface area contributed by atoms with E-state index in [2.05, 4.69) is 32.0 Å². The number of aromatic nitrogens is 4. The molecule has 0 radical (unpaired) electrons. The van der Waals surface area contributed by atoms with E-state index in [-0.39, 0.29) is 0 Å². The smallest absolute Gasteiger partial charge is 0.225 e. The predicted octanol–water partition coefficient (Wildman–Crippen LogP) is 1.50. The molecule has 1 fully saturated rings. The number of hydrogen-bond acceptors (Lipinski definition) is 4. The second-order valence-corrected chi connectivity index (χ2v) is 4.45. The van der Waals surface area contributed by atoms with Crippen molar-refractivity contribution in [1.29, 1.82) is 0 Å². The van der Waals surface area contributed by atoms with Crippen LogP contribution in [0.15, 0.2) is 24.7 Å². The number of hydrogen-bond donors (Lipinski definition) is 1. The van der Waals surface area contributed by atoms with Crippen molar-refractivity contribution in [3.8, 4) is 0 Å². The van der Waals surface area contributed by atoms with Gasteiger partial charge in [-0.3, -0.25) is 5.10 Å². The highest BCUT2D eigenvalue weighted by Crippen LogP contribution is 2.29. The molecule has 17 heavy (non-hydrogen) atoms. The highest BCUT2D eigenvalue weighted by molar-refractivity contribution is 5.34. The Morgan fingerprint density at radius 2 is 2.18 bits per heavy atom. The average Bonchev–Trinajstić information content (AvgIpc) is 2.98. The van der Waals surface area contributed by atoms with Crippen LogP contribution in [0.5, 0.6) is 0 Å². The van der Waals surface area contributed by atoms with Crippen LogP contribution in [0.3, 0.4) is 0 Å². The molecule has 0 aromatic carbocycles. The first kappa shape index (κ1) is 10.3. The summed E-state index contributed by atoms with van der Waals surface area (Å²) in [4.78, 5) is 10.8. The first-order valence-corrected chi connectivity index (χ1v) is 5.86. The molecular weight excluding hydrogens is 214 g/mol. The highest BCUT2D eigenvalue weighted by atomic mass is 15.3. The number of aryl methyl sites for hydroxylation is 1. The lowest BCUT2D eigenvalue weighted by Crippen LogP contribution is -2.21. The molecule has 0 amide bonds. The van der Waals surface area contributed by atoms with Crippen molar-refractivity contribution in [2.45, 2.75) is 19.3 Å². The topological polar surface area (TPSA) is 57.7 Å². The van der Waals surface area contributed by atoms with Gasteiger partial charge in [-0.2, -0.15) is 5.10 Å². The number of nitrogens with one attached hydrogen (secondary N) is 1. The van der Waals surface area contributed by atoms with Crippen molar-refractivity contribution in [3.05, 3.63) is 35.9 Å². The largest absolute Gasteiger partial charge is 0.340 e. The van der Waals surface area contributed by atoms with E-state index in [1.54, 1.807) is 12.4 Å².